The highest BCUT2D eigenvalue weighted by Gasteiger charge is 2.10. The number of halogens is 2. The van der Waals surface area contributed by atoms with E-state index in [4.69, 9.17) is 27.6 Å². The van der Waals surface area contributed by atoms with E-state index in [1.54, 1.807) is 29.1 Å². The number of nitrogens with zero attached hydrogens (tertiary/aromatic N) is 3. The van der Waals surface area contributed by atoms with E-state index in [-0.39, 0.29) is 5.76 Å². The standard InChI is InChI=1S/C17H12Cl2N4O4/c18-13-4-1-11(9-14(13)19)10-22-8-7-15(21-22)20-16(24)5-2-12-3-6-17(27-12)23(25)26/h1-9H,10H2,(H,20,21,24)/b5-2+. The molecule has 2 heterocycles. The first-order valence-corrected chi connectivity index (χ1v) is 8.37. The maximum absolute atomic E-state index is 11.9. The topological polar surface area (TPSA) is 103 Å². The van der Waals surface area contributed by atoms with Gasteiger partial charge in [-0.2, -0.15) is 5.10 Å². The zero-order chi connectivity index (χ0) is 19.4. The van der Waals surface area contributed by atoms with E-state index >= 15 is 0 Å². The summed E-state index contributed by atoms with van der Waals surface area (Å²) in [6, 6.07) is 9.53. The maximum atomic E-state index is 11.9. The fraction of sp³-hybridized carbons (Fsp3) is 0.0588. The summed E-state index contributed by atoms with van der Waals surface area (Å²) >= 11 is 11.9. The third-order valence-corrected chi connectivity index (χ3v) is 4.15. The molecule has 0 bridgehead atoms. The van der Waals surface area contributed by atoms with Crippen LogP contribution in [0.2, 0.25) is 10.0 Å². The Labute approximate surface area is 163 Å². The zero-order valence-electron chi connectivity index (χ0n) is 13.6. The minimum Gasteiger partial charge on any atom is -0.401 e. The lowest BCUT2D eigenvalue weighted by Crippen LogP contribution is -2.09. The van der Waals surface area contributed by atoms with Crippen molar-refractivity contribution in [3.05, 3.63) is 80.2 Å². The maximum Gasteiger partial charge on any atom is 0.433 e. The first-order chi connectivity index (χ1) is 12.9. The van der Waals surface area contributed by atoms with E-state index in [0.29, 0.717) is 22.4 Å². The van der Waals surface area contributed by atoms with E-state index in [1.165, 1.54) is 24.3 Å². The fourth-order valence-electron chi connectivity index (χ4n) is 2.20. The van der Waals surface area contributed by atoms with Crippen LogP contribution in [0.15, 0.2) is 53.1 Å². The highest BCUT2D eigenvalue weighted by Crippen LogP contribution is 2.23. The normalized spacial score (nSPS) is 11.0. The molecule has 0 aliphatic rings. The monoisotopic (exact) mass is 406 g/mol. The number of hydrogen-bond acceptors (Lipinski definition) is 5. The van der Waals surface area contributed by atoms with Crippen LogP contribution in [0.25, 0.3) is 6.08 Å². The van der Waals surface area contributed by atoms with Crippen LogP contribution < -0.4 is 5.32 Å². The zero-order valence-corrected chi connectivity index (χ0v) is 15.1. The molecule has 1 aromatic carbocycles. The number of furan rings is 1. The molecular formula is C17H12Cl2N4O4. The van der Waals surface area contributed by atoms with Gasteiger partial charge in [0, 0.05) is 18.3 Å². The van der Waals surface area contributed by atoms with Crippen LogP contribution in [0, 0.1) is 10.1 Å². The number of hydrogen-bond donors (Lipinski definition) is 1. The number of carbonyl (C=O) groups excluding carboxylic acids is 1. The fourth-order valence-corrected chi connectivity index (χ4v) is 2.52. The van der Waals surface area contributed by atoms with Gasteiger partial charge in [0.25, 0.3) is 0 Å². The van der Waals surface area contributed by atoms with Crippen molar-refractivity contribution in [3.63, 3.8) is 0 Å². The second-order valence-electron chi connectivity index (χ2n) is 5.40. The molecule has 0 radical (unpaired) electrons. The van der Waals surface area contributed by atoms with Gasteiger partial charge in [0.15, 0.2) is 5.82 Å². The van der Waals surface area contributed by atoms with Crippen LogP contribution in [0.1, 0.15) is 11.3 Å². The summed E-state index contributed by atoms with van der Waals surface area (Å²) in [5.41, 5.74) is 0.907. The van der Waals surface area contributed by atoms with Gasteiger partial charge in [0.1, 0.15) is 10.7 Å². The Morgan fingerprint density at radius 3 is 2.78 bits per heavy atom. The van der Waals surface area contributed by atoms with Gasteiger partial charge in [-0.15, -0.1) is 0 Å². The van der Waals surface area contributed by atoms with Crippen molar-refractivity contribution in [1.29, 1.82) is 0 Å². The average molecular weight is 407 g/mol. The molecule has 27 heavy (non-hydrogen) atoms. The average Bonchev–Trinajstić information content (AvgIpc) is 3.26. The molecule has 0 spiro atoms. The second-order valence-corrected chi connectivity index (χ2v) is 6.22. The summed E-state index contributed by atoms with van der Waals surface area (Å²) in [6.07, 6.45) is 4.23. The summed E-state index contributed by atoms with van der Waals surface area (Å²) < 4.78 is 6.56. The Balaban J connectivity index is 1.59. The number of rotatable bonds is 6. The van der Waals surface area contributed by atoms with Crippen molar-refractivity contribution < 1.29 is 14.1 Å². The van der Waals surface area contributed by atoms with Gasteiger partial charge < -0.3 is 9.73 Å². The van der Waals surface area contributed by atoms with E-state index in [2.05, 4.69) is 10.4 Å². The Morgan fingerprint density at radius 2 is 2.07 bits per heavy atom. The summed E-state index contributed by atoms with van der Waals surface area (Å²) in [5, 5.41) is 18.3. The van der Waals surface area contributed by atoms with Crippen LogP contribution in [-0.4, -0.2) is 20.6 Å². The van der Waals surface area contributed by atoms with Gasteiger partial charge >= 0.3 is 5.88 Å². The van der Waals surface area contributed by atoms with Crippen molar-refractivity contribution in [2.45, 2.75) is 6.54 Å². The third-order valence-electron chi connectivity index (χ3n) is 3.41. The van der Waals surface area contributed by atoms with Crippen LogP contribution >= 0.6 is 23.2 Å². The quantitative estimate of drug-likeness (QED) is 0.371. The van der Waals surface area contributed by atoms with Crippen molar-refractivity contribution in [2.75, 3.05) is 5.32 Å². The smallest absolute Gasteiger partial charge is 0.401 e. The molecule has 138 valence electrons. The predicted octanol–water partition coefficient (Wildman–Crippen LogP) is 4.39. The number of aromatic nitrogens is 2. The molecule has 0 saturated heterocycles. The SMILES string of the molecule is O=C(/C=C/c1ccc([N+](=O)[O-])o1)Nc1ccn(Cc2ccc(Cl)c(Cl)c2)n1. The lowest BCUT2D eigenvalue weighted by molar-refractivity contribution is -0.402. The summed E-state index contributed by atoms with van der Waals surface area (Å²) in [6.45, 7) is 0.457. The summed E-state index contributed by atoms with van der Waals surface area (Å²) in [4.78, 5) is 21.8. The number of anilines is 1. The van der Waals surface area contributed by atoms with Crippen LogP contribution in [0.4, 0.5) is 11.7 Å². The molecule has 0 unspecified atom stereocenters. The van der Waals surface area contributed by atoms with Crippen molar-refractivity contribution >= 4 is 46.9 Å². The Hall–Kier alpha value is -3.10. The molecule has 0 aliphatic heterocycles. The third kappa shape index (κ3) is 4.96. The molecule has 0 atom stereocenters. The molecule has 10 heteroatoms. The van der Waals surface area contributed by atoms with Crippen LogP contribution in [-0.2, 0) is 11.3 Å². The summed E-state index contributed by atoms with van der Waals surface area (Å²) in [5.74, 6) is -0.290. The van der Waals surface area contributed by atoms with Gasteiger partial charge in [-0.25, -0.2) is 0 Å². The molecule has 1 amide bonds. The highest BCUT2D eigenvalue weighted by molar-refractivity contribution is 6.42. The minimum atomic E-state index is -0.655. The number of amides is 1. The predicted molar refractivity (Wildman–Crippen MR) is 101 cm³/mol. The first kappa shape index (κ1) is 18.7. The number of nitro groups is 1. The second kappa shape index (κ2) is 8.07. The Kier molecular flexibility index (Phi) is 5.58. The molecule has 3 rings (SSSR count). The van der Waals surface area contributed by atoms with Crippen LogP contribution in [0.3, 0.4) is 0 Å². The number of carbonyl (C=O) groups is 1. The van der Waals surface area contributed by atoms with Crippen molar-refractivity contribution in [1.82, 2.24) is 9.78 Å². The number of benzene rings is 1. The molecule has 0 aliphatic carbocycles. The van der Waals surface area contributed by atoms with Gasteiger partial charge in [0.05, 0.1) is 22.7 Å². The highest BCUT2D eigenvalue weighted by atomic mass is 35.5. The van der Waals surface area contributed by atoms with Gasteiger partial charge in [-0.05, 0) is 29.8 Å². The Bertz CT molecular complexity index is 1030. The summed E-state index contributed by atoms with van der Waals surface area (Å²) in [7, 11) is 0. The Morgan fingerprint density at radius 1 is 1.26 bits per heavy atom. The minimum absolute atomic E-state index is 0.196. The molecule has 8 nitrogen and oxygen atoms in total. The molecular weight excluding hydrogens is 395 g/mol. The van der Waals surface area contributed by atoms with Gasteiger partial charge in [-0.3, -0.25) is 19.6 Å². The molecule has 1 N–H and O–H groups in total. The van der Waals surface area contributed by atoms with Crippen molar-refractivity contribution in [2.24, 2.45) is 0 Å². The van der Waals surface area contributed by atoms with E-state index in [9.17, 15) is 14.9 Å². The first-order valence-electron chi connectivity index (χ1n) is 7.61. The largest absolute Gasteiger partial charge is 0.433 e. The van der Waals surface area contributed by atoms with E-state index < -0.39 is 16.7 Å². The molecule has 3 aromatic rings. The number of nitrogens with one attached hydrogen (secondary N) is 1. The van der Waals surface area contributed by atoms with E-state index in [1.807, 2.05) is 6.07 Å². The van der Waals surface area contributed by atoms with Crippen LogP contribution in [0.5, 0.6) is 0 Å². The molecule has 0 fully saturated rings. The molecule has 0 saturated carbocycles. The van der Waals surface area contributed by atoms with Crippen molar-refractivity contribution in [3.8, 4) is 0 Å². The van der Waals surface area contributed by atoms with Gasteiger partial charge in [-0.1, -0.05) is 29.3 Å². The van der Waals surface area contributed by atoms with Gasteiger partial charge in [0.2, 0.25) is 5.91 Å². The lowest BCUT2D eigenvalue weighted by Gasteiger charge is -2.04. The van der Waals surface area contributed by atoms with E-state index in [0.717, 1.165) is 5.56 Å². The lowest BCUT2D eigenvalue weighted by atomic mass is 10.2. The molecule has 2 aromatic heterocycles.